The van der Waals surface area contributed by atoms with Crippen molar-refractivity contribution >= 4 is 21.9 Å². The van der Waals surface area contributed by atoms with Gasteiger partial charge in [0.15, 0.2) is 23.1 Å². The average Bonchev–Trinajstić information content (AvgIpc) is 3.22. The molecule has 3 aromatic rings. The van der Waals surface area contributed by atoms with Gasteiger partial charge in [-0.05, 0) is 65.4 Å². The van der Waals surface area contributed by atoms with Gasteiger partial charge < -0.3 is 14.7 Å². The number of hydrogen-bond acceptors (Lipinski definition) is 8. The smallest absolute Gasteiger partial charge is 0.309 e. The molecule has 3 aromatic carbocycles. The minimum atomic E-state index is -3.67. The molecule has 8 nitrogen and oxygen atoms in total. The van der Waals surface area contributed by atoms with Gasteiger partial charge in [0.05, 0.1) is 12.9 Å². The van der Waals surface area contributed by atoms with Crippen LogP contribution in [0.5, 0.6) is 11.5 Å². The third-order valence-corrected chi connectivity index (χ3v) is 8.01. The highest BCUT2D eigenvalue weighted by molar-refractivity contribution is 7.87. The summed E-state index contributed by atoms with van der Waals surface area (Å²) in [6, 6.07) is 19.3. The molecule has 2 heterocycles. The Balaban J connectivity index is 1.63. The first kappa shape index (κ1) is 25.7. The summed E-state index contributed by atoms with van der Waals surface area (Å²) in [5, 5.41) is 0. The van der Waals surface area contributed by atoms with Crippen LogP contribution in [0.15, 0.2) is 76.7 Å². The standard InChI is InChI=1S/C28H29FN4O4S/c1-3-16-38(34,35)37-23-11-9-21(10-12-23)28(26-31-14-5-15-33(26)27(30)32-28)22-7-4-6-19(17-22)20-8-13-24(29)25(18-20)36-2/h4,6-13,17-18H,3,5,14-16H2,1-2H3,(H2,30,32). The molecule has 0 fully saturated rings. The number of methoxy groups -OCH3 is 1. The number of guanidine groups is 1. The fraction of sp³-hybridized carbons (Fsp3) is 0.286. The molecular formula is C28H29FN4O4S. The van der Waals surface area contributed by atoms with Crippen LogP contribution in [0.3, 0.4) is 0 Å². The van der Waals surface area contributed by atoms with Gasteiger partial charge in [-0.1, -0.05) is 43.3 Å². The van der Waals surface area contributed by atoms with Crippen LogP contribution in [0.4, 0.5) is 4.39 Å². The second-order valence-electron chi connectivity index (χ2n) is 9.19. The molecule has 0 saturated heterocycles. The van der Waals surface area contributed by atoms with E-state index in [1.807, 2.05) is 29.2 Å². The monoisotopic (exact) mass is 536 g/mol. The maximum atomic E-state index is 14.1. The Kier molecular flexibility index (Phi) is 6.83. The average molecular weight is 537 g/mol. The molecule has 2 aliphatic rings. The molecular weight excluding hydrogens is 507 g/mol. The number of halogens is 1. The maximum Gasteiger partial charge on any atom is 0.309 e. The Hall–Kier alpha value is -3.92. The Bertz CT molecular complexity index is 1520. The molecule has 5 rings (SSSR count). The molecule has 10 heteroatoms. The van der Waals surface area contributed by atoms with Gasteiger partial charge in [-0.3, -0.25) is 9.89 Å². The van der Waals surface area contributed by atoms with Crippen LogP contribution < -0.4 is 14.7 Å². The first-order valence-corrected chi connectivity index (χ1v) is 14.0. The fourth-order valence-electron chi connectivity index (χ4n) is 4.93. The van der Waals surface area contributed by atoms with E-state index in [-0.39, 0.29) is 17.3 Å². The predicted molar refractivity (Wildman–Crippen MR) is 146 cm³/mol. The lowest BCUT2D eigenvalue weighted by molar-refractivity contribution is 0.387. The van der Waals surface area contributed by atoms with E-state index in [9.17, 15) is 12.8 Å². The van der Waals surface area contributed by atoms with Gasteiger partial charge >= 0.3 is 10.1 Å². The van der Waals surface area contributed by atoms with E-state index in [0.717, 1.165) is 28.7 Å². The molecule has 0 radical (unpaired) electrons. The van der Waals surface area contributed by atoms with E-state index in [1.54, 1.807) is 43.3 Å². The van der Waals surface area contributed by atoms with Crippen LogP contribution in [0.2, 0.25) is 0 Å². The Morgan fingerprint density at radius 2 is 1.82 bits per heavy atom. The van der Waals surface area contributed by atoms with Gasteiger partial charge in [0.25, 0.3) is 0 Å². The van der Waals surface area contributed by atoms with E-state index < -0.39 is 21.5 Å². The number of ether oxygens (including phenoxy) is 1. The second-order valence-corrected chi connectivity index (χ2v) is 10.9. The largest absolute Gasteiger partial charge is 0.494 e. The van der Waals surface area contributed by atoms with Gasteiger partial charge in [-0.15, -0.1) is 0 Å². The number of nitrogens with two attached hydrogens (primary N) is 1. The molecule has 1 unspecified atom stereocenters. The number of hydrogen-bond donors (Lipinski definition) is 1. The number of amidine groups is 1. The third-order valence-electron chi connectivity index (χ3n) is 6.65. The molecule has 0 aliphatic carbocycles. The van der Waals surface area contributed by atoms with Crippen LogP contribution in [-0.2, 0) is 15.7 Å². The van der Waals surface area contributed by atoms with E-state index in [0.29, 0.717) is 31.3 Å². The normalized spacial score (nSPS) is 19.0. The summed E-state index contributed by atoms with van der Waals surface area (Å²) in [5.41, 5.74) is 8.57. The van der Waals surface area contributed by atoms with Crippen molar-refractivity contribution in [2.75, 3.05) is 26.0 Å². The zero-order chi connectivity index (χ0) is 26.9. The molecule has 198 valence electrons. The Labute approximate surface area is 221 Å². The number of rotatable bonds is 8. The van der Waals surface area contributed by atoms with Gasteiger partial charge in [-0.2, -0.15) is 8.42 Å². The van der Waals surface area contributed by atoms with Crippen LogP contribution in [0.25, 0.3) is 11.1 Å². The second kappa shape index (κ2) is 10.1. The summed E-state index contributed by atoms with van der Waals surface area (Å²) in [7, 11) is -2.24. The van der Waals surface area contributed by atoms with Crippen LogP contribution in [-0.4, -0.2) is 51.1 Å². The highest BCUT2D eigenvalue weighted by atomic mass is 32.2. The highest BCUT2D eigenvalue weighted by Gasteiger charge is 2.49. The van der Waals surface area contributed by atoms with Gasteiger partial charge in [0.2, 0.25) is 0 Å². The summed E-state index contributed by atoms with van der Waals surface area (Å²) >= 11 is 0. The number of benzene rings is 3. The number of nitrogens with zero attached hydrogens (tertiary/aromatic N) is 3. The van der Waals surface area contributed by atoms with E-state index >= 15 is 0 Å². The van der Waals surface area contributed by atoms with Crippen molar-refractivity contribution in [3.05, 3.63) is 83.7 Å². The fourth-order valence-corrected chi connectivity index (χ4v) is 5.91. The molecule has 0 bridgehead atoms. The van der Waals surface area contributed by atoms with Crippen molar-refractivity contribution < 1.29 is 21.7 Å². The lowest BCUT2D eigenvalue weighted by atomic mass is 9.81. The summed E-state index contributed by atoms with van der Waals surface area (Å²) < 4.78 is 48.9. The molecule has 0 amide bonds. The Morgan fingerprint density at radius 1 is 1.05 bits per heavy atom. The lowest BCUT2D eigenvalue weighted by Gasteiger charge is -2.33. The summed E-state index contributed by atoms with van der Waals surface area (Å²) in [5.74, 6) is 0.953. The minimum Gasteiger partial charge on any atom is -0.494 e. The van der Waals surface area contributed by atoms with Crippen molar-refractivity contribution in [2.45, 2.75) is 25.3 Å². The molecule has 38 heavy (non-hydrogen) atoms. The molecule has 2 aliphatic heterocycles. The Morgan fingerprint density at radius 3 is 2.55 bits per heavy atom. The first-order valence-electron chi connectivity index (χ1n) is 12.4. The van der Waals surface area contributed by atoms with E-state index in [1.165, 1.54) is 13.2 Å². The zero-order valence-electron chi connectivity index (χ0n) is 21.2. The quantitative estimate of drug-likeness (QED) is 0.431. The topological polar surface area (TPSA) is 107 Å². The third kappa shape index (κ3) is 4.60. The minimum absolute atomic E-state index is 0.0632. The first-order chi connectivity index (χ1) is 18.3. The van der Waals surface area contributed by atoms with Crippen LogP contribution >= 0.6 is 0 Å². The molecule has 0 spiro atoms. The lowest BCUT2D eigenvalue weighted by Crippen LogP contribution is -2.46. The summed E-state index contributed by atoms with van der Waals surface area (Å²) in [6.07, 6.45) is 1.32. The zero-order valence-corrected chi connectivity index (χ0v) is 22.0. The molecule has 0 saturated carbocycles. The maximum absolute atomic E-state index is 14.1. The predicted octanol–water partition coefficient (Wildman–Crippen LogP) is 4.30. The van der Waals surface area contributed by atoms with Gasteiger partial charge in [-0.25, -0.2) is 9.38 Å². The molecule has 0 aromatic heterocycles. The molecule has 1 atom stereocenters. The van der Waals surface area contributed by atoms with Gasteiger partial charge in [0.1, 0.15) is 11.6 Å². The summed E-state index contributed by atoms with van der Waals surface area (Å²) in [6.45, 7) is 3.12. The van der Waals surface area contributed by atoms with Crippen molar-refractivity contribution in [1.82, 2.24) is 4.90 Å². The molecule has 2 N–H and O–H groups in total. The van der Waals surface area contributed by atoms with Crippen molar-refractivity contribution in [1.29, 1.82) is 0 Å². The SMILES string of the molecule is CCCS(=O)(=O)Oc1ccc(C2(c3cccc(-c4ccc(F)c(OC)c4)c3)N=C(N)N3CCCN=C32)cc1. The van der Waals surface area contributed by atoms with E-state index in [2.05, 4.69) is 0 Å². The van der Waals surface area contributed by atoms with Crippen LogP contribution in [0.1, 0.15) is 30.9 Å². The number of fused-ring (bicyclic) bond motifs is 1. The van der Waals surface area contributed by atoms with Crippen molar-refractivity contribution in [3.8, 4) is 22.6 Å². The number of aliphatic imine (C=N–C) groups is 2. The van der Waals surface area contributed by atoms with Crippen molar-refractivity contribution in [2.24, 2.45) is 15.7 Å². The van der Waals surface area contributed by atoms with Crippen LogP contribution in [0, 0.1) is 5.82 Å². The van der Waals surface area contributed by atoms with E-state index in [4.69, 9.17) is 24.6 Å². The van der Waals surface area contributed by atoms with Gasteiger partial charge in [0, 0.05) is 13.1 Å². The van der Waals surface area contributed by atoms with Crippen molar-refractivity contribution in [3.63, 3.8) is 0 Å². The highest BCUT2D eigenvalue weighted by Crippen LogP contribution is 2.43. The summed E-state index contributed by atoms with van der Waals surface area (Å²) in [4.78, 5) is 11.7.